The summed E-state index contributed by atoms with van der Waals surface area (Å²) >= 11 is 0. The Labute approximate surface area is 131 Å². The first-order chi connectivity index (χ1) is 10.5. The Bertz CT molecular complexity index is 517. The summed E-state index contributed by atoms with van der Waals surface area (Å²) in [7, 11) is -3.36. The van der Waals surface area contributed by atoms with Crippen molar-refractivity contribution in [1.82, 2.24) is 9.21 Å². The Hall–Kier alpha value is -0.700. The summed E-state index contributed by atoms with van der Waals surface area (Å²) in [6, 6.07) is 0. The van der Waals surface area contributed by atoms with Gasteiger partial charge in [-0.25, -0.2) is 8.42 Å². The van der Waals surface area contributed by atoms with Gasteiger partial charge in [0.1, 0.15) is 0 Å². The van der Waals surface area contributed by atoms with E-state index >= 15 is 0 Å². The lowest BCUT2D eigenvalue weighted by Crippen LogP contribution is -2.51. The zero-order valence-electron chi connectivity index (χ0n) is 12.9. The molecule has 0 bridgehead atoms. The number of carbonyl (C=O) groups is 1. The van der Waals surface area contributed by atoms with E-state index in [1.807, 2.05) is 0 Å². The summed E-state index contributed by atoms with van der Waals surface area (Å²) in [4.78, 5) is 14.1. The number of sulfonamides is 1. The Balaban J connectivity index is 1.56. The molecular weight excluding hydrogens is 308 g/mol. The van der Waals surface area contributed by atoms with Gasteiger partial charge in [0.25, 0.3) is 0 Å². The van der Waals surface area contributed by atoms with Crippen LogP contribution in [0.2, 0.25) is 0 Å². The lowest BCUT2D eigenvalue weighted by molar-refractivity contribution is -0.139. The van der Waals surface area contributed by atoms with Gasteiger partial charge >= 0.3 is 0 Å². The average molecular weight is 332 g/mol. The van der Waals surface area contributed by atoms with Gasteiger partial charge in [-0.05, 0) is 12.3 Å². The molecule has 2 saturated heterocycles. The molecule has 3 rings (SSSR count). The Morgan fingerprint density at radius 2 is 1.86 bits per heavy atom. The van der Waals surface area contributed by atoms with Crippen LogP contribution in [0.5, 0.6) is 0 Å². The van der Waals surface area contributed by atoms with Crippen molar-refractivity contribution >= 4 is 15.9 Å². The normalized spacial score (nSPS) is 33.7. The van der Waals surface area contributed by atoms with Crippen LogP contribution < -0.4 is 0 Å². The van der Waals surface area contributed by atoms with E-state index in [0.717, 1.165) is 6.42 Å². The highest BCUT2D eigenvalue weighted by Crippen LogP contribution is 2.39. The number of amides is 1. The molecule has 0 N–H and O–H groups in total. The maximum atomic E-state index is 12.4. The van der Waals surface area contributed by atoms with Crippen LogP contribution in [0, 0.1) is 11.8 Å². The van der Waals surface area contributed by atoms with Crippen molar-refractivity contribution in [3.05, 3.63) is 0 Å². The number of nitrogens with zero attached hydrogens (tertiary/aromatic N) is 2. The molecule has 3 fully saturated rings. The van der Waals surface area contributed by atoms with Gasteiger partial charge in [0.05, 0.1) is 31.7 Å². The molecule has 2 aliphatic heterocycles. The maximum absolute atomic E-state index is 12.4. The van der Waals surface area contributed by atoms with Crippen molar-refractivity contribution in [3.63, 3.8) is 0 Å². The zero-order valence-corrected chi connectivity index (χ0v) is 13.8. The molecule has 0 spiro atoms. The van der Waals surface area contributed by atoms with E-state index in [0.29, 0.717) is 51.9 Å². The lowest BCUT2D eigenvalue weighted by Gasteiger charge is -2.34. The maximum Gasteiger partial charge on any atom is 0.226 e. The molecule has 1 amide bonds. The van der Waals surface area contributed by atoms with Crippen molar-refractivity contribution in [2.75, 3.05) is 51.8 Å². The van der Waals surface area contributed by atoms with Crippen LogP contribution in [-0.4, -0.2) is 81.4 Å². The molecule has 1 saturated carbocycles. The minimum Gasteiger partial charge on any atom is -0.379 e. The van der Waals surface area contributed by atoms with Crippen LogP contribution >= 0.6 is 0 Å². The number of morpholine rings is 2. The minimum absolute atomic E-state index is 0.0585. The molecule has 0 unspecified atom stereocenters. The highest BCUT2D eigenvalue weighted by Gasteiger charge is 2.43. The van der Waals surface area contributed by atoms with Crippen LogP contribution in [-0.2, 0) is 24.3 Å². The van der Waals surface area contributed by atoms with Crippen molar-refractivity contribution in [2.24, 2.45) is 11.8 Å². The zero-order chi connectivity index (χ0) is 15.7. The fraction of sp³-hybridized carbons (Fsp3) is 0.929. The molecule has 2 heterocycles. The first-order valence-electron chi connectivity index (χ1n) is 7.93. The summed E-state index contributed by atoms with van der Waals surface area (Å²) < 4.78 is 37.1. The van der Waals surface area contributed by atoms with Gasteiger partial charge in [0, 0.05) is 32.1 Å². The van der Waals surface area contributed by atoms with Crippen LogP contribution in [0.3, 0.4) is 0 Å². The van der Waals surface area contributed by atoms with Gasteiger partial charge in [0.15, 0.2) is 0 Å². The standard InChI is InChI=1S/C14H24N2O5S/c1-11-8-13(11)14(17)15-2-7-21-12(9-15)10-22(18,19)16-3-5-20-6-4-16/h11-13H,2-10H2,1H3/t11-,12-,13+/m1/s1. The summed E-state index contributed by atoms with van der Waals surface area (Å²) in [5.74, 6) is 0.696. The van der Waals surface area contributed by atoms with Gasteiger partial charge in [0.2, 0.25) is 15.9 Å². The number of rotatable bonds is 4. The molecule has 3 aliphatic rings. The van der Waals surface area contributed by atoms with Crippen LogP contribution in [0.4, 0.5) is 0 Å². The molecule has 0 aromatic heterocycles. The van der Waals surface area contributed by atoms with Crippen molar-refractivity contribution in [1.29, 1.82) is 0 Å². The van der Waals surface area contributed by atoms with Crippen LogP contribution in [0.15, 0.2) is 0 Å². The van der Waals surface area contributed by atoms with E-state index in [1.54, 1.807) is 4.90 Å². The molecule has 22 heavy (non-hydrogen) atoms. The third kappa shape index (κ3) is 3.61. The van der Waals surface area contributed by atoms with Crippen LogP contribution in [0.1, 0.15) is 13.3 Å². The van der Waals surface area contributed by atoms with E-state index < -0.39 is 16.1 Å². The Morgan fingerprint density at radius 1 is 1.18 bits per heavy atom. The minimum atomic E-state index is -3.36. The lowest BCUT2D eigenvalue weighted by atomic mass is 10.2. The molecular formula is C14H24N2O5S. The smallest absolute Gasteiger partial charge is 0.226 e. The second-order valence-electron chi connectivity index (χ2n) is 6.39. The predicted molar refractivity (Wildman–Crippen MR) is 79.8 cm³/mol. The molecule has 3 atom stereocenters. The first-order valence-corrected chi connectivity index (χ1v) is 9.54. The first kappa shape index (κ1) is 16.2. The third-order valence-corrected chi connectivity index (χ3v) is 6.58. The average Bonchev–Trinajstić information content (AvgIpc) is 3.24. The fourth-order valence-corrected chi connectivity index (χ4v) is 4.67. The molecule has 0 aromatic carbocycles. The van der Waals surface area contributed by atoms with Gasteiger partial charge < -0.3 is 14.4 Å². The molecule has 8 heteroatoms. The molecule has 0 radical (unpaired) electrons. The predicted octanol–water partition coefficient (Wildman–Crippen LogP) is -0.468. The molecule has 0 aromatic rings. The van der Waals surface area contributed by atoms with Gasteiger partial charge in [-0.2, -0.15) is 4.31 Å². The van der Waals surface area contributed by atoms with Crippen LogP contribution in [0.25, 0.3) is 0 Å². The number of ether oxygens (including phenoxy) is 2. The van der Waals surface area contributed by atoms with E-state index in [4.69, 9.17) is 9.47 Å². The second kappa shape index (κ2) is 6.43. The number of hydrogen-bond acceptors (Lipinski definition) is 5. The largest absolute Gasteiger partial charge is 0.379 e. The molecule has 1 aliphatic carbocycles. The number of carbonyl (C=O) groups excluding carboxylic acids is 1. The highest BCUT2D eigenvalue weighted by molar-refractivity contribution is 7.89. The van der Waals surface area contributed by atoms with Crippen molar-refractivity contribution in [3.8, 4) is 0 Å². The fourth-order valence-electron chi connectivity index (χ4n) is 3.09. The van der Waals surface area contributed by atoms with E-state index in [1.165, 1.54) is 4.31 Å². The van der Waals surface area contributed by atoms with Gasteiger partial charge in [-0.1, -0.05) is 6.92 Å². The second-order valence-corrected chi connectivity index (χ2v) is 8.40. The molecule has 126 valence electrons. The molecule has 7 nitrogen and oxygen atoms in total. The monoisotopic (exact) mass is 332 g/mol. The van der Waals surface area contributed by atoms with E-state index in [2.05, 4.69) is 6.92 Å². The topological polar surface area (TPSA) is 76.2 Å². The SMILES string of the molecule is C[C@@H]1C[C@@H]1C(=O)N1CCO[C@@H](CS(=O)(=O)N2CCOCC2)C1. The summed E-state index contributed by atoms with van der Waals surface area (Å²) in [5, 5.41) is 0. The van der Waals surface area contributed by atoms with Crippen molar-refractivity contribution in [2.45, 2.75) is 19.4 Å². The number of hydrogen-bond donors (Lipinski definition) is 0. The van der Waals surface area contributed by atoms with Gasteiger partial charge in [-0.15, -0.1) is 0 Å². The van der Waals surface area contributed by atoms with E-state index in [-0.39, 0.29) is 17.6 Å². The van der Waals surface area contributed by atoms with Crippen molar-refractivity contribution < 1.29 is 22.7 Å². The Kier molecular flexibility index (Phi) is 4.72. The third-order valence-electron chi connectivity index (χ3n) is 4.64. The summed E-state index contributed by atoms with van der Waals surface area (Å²) in [6.07, 6.45) is 0.520. The Morgan fingerprint density at radius 3 is 2.50 bits per heavy atom. The van der Waals surface area contributed by atoms with E-state index in [9.17, 15) is 13.2 Å². The quantitative estimate of drug-likeness (QED) is 0.696. The summed E-state index contributed by atoms with van der Waals surface area (Å²) in [6.45, 7) is 5.11. The van der Waals surface area contributed by atoms with Gasteiger partial charge in [-0.3, -0.25) is 4.79 Å². The summed E-state index contributed by atoms with van der Waals surface area (Å²) in [5.41, 5.74) is 0. The highest BCUT2D eigenvalue weighted by atomic mass is 32.2.